The topological polar surface area (TPSA) is 128 Å². The van der Waals surface area contributed by atoms with Crippen LogP contribution in [0.25, 0.3) is 11.5 Å². The molecule has 1 aliphatic rings. The van der Waals surface area contributed by atoms with E-state index < -0.39 is 0 Å². The standard InChI is InChI=1S/C16H23N7O4S/c1-5-23-15(13-14(17-11(4)24)21-27-20-13)18-19-16(23)28-8-12(25)22-6-9(2)26-10(3)7-22/h9-10H,5-8H2,1-4H3,(H,17,21,24). The summed E-state index contributed by atoms with van der Waals surface area (Å²) >= 11 is 1.30. The van der Waals surface area contributed by atoms with Crippen LogP contribution < -0.4 is 5.32 Å². The van der Waals surface area contributed by atoms with Gasteiger partial charge < -0.3 is 19.5 Å². The minimum Gasteiger partial charge on any atom is -0.372 e. The van der Waals surface area contributed by atoms with E-state index in [4.69, 9.17) is 9.37 Å². The van der Waals surface area contributed by atoms with Crippen molar-refractivity contribution in [3.05, 3.63) is 0 Å². The fraction of sp³-hybridized carbons (Fsp3) is 0.625. The number of thioether (sulfide) groups is 1. The molecule has 11 nitrogen and oxygen atoms in total. The van der Waals surface area contributed by atoms with Crippen LogP contribution in [-0.4, -0.2) is 72.8 Å². The molecule has 3 heterocycles. The van der Waals surface area contributed by atoms with Crippen LogP contribution in [0.3, 0.4) is 0 Å². The normalized spacial score (nSPS) is 19.6. The van der Waals surface area contributed by atoms with E-state index in [-0.39, 0.29) is 35.6 Å². The van der Waals surface area contributed by atoms with Crippen molar-refractivity contribution in [2.75, 3.05) is 24.2 Å². The van der Waals surface area contributed by atoms with Gasteiger partial charge in [0.05, 0.1) is 18.0 Å². The van der Waals surface area contributed by atoms with Crippen molar-refractivity contribution in [3.8, 4) is 11.5 Å². The molecule has 1 aliphatic heterocycles. The van der Waals surface area contributed by atoms with Crippen LogP contribution in [0.15, 0.2) is 9.79 Å². The van der Waals surface area contributed by atoms with Gasteiger partial charge in [-0.05, 0) is 31.1 Å². The average Bonchev–Trinajstić information content (AvgIpc) is 3.24. The highest BCUT2D eigenvalue weighted by Crippen LogP contribution is 2.27. The maximum absolute atomic E-state index is 12.6. The first kappa shape index (κ1) is 20.3. The molecule has 12 heteroatoms. The highest BCUT2D eigenvalue weighted by Gasteiger charge is 2.27. The Morgan fingerprint density at radius 3 is 2.57 bits per heavy atom. The fourth-order valence-electron chi connectivity index (χ4n) is 3.04. The molecule has 0 saturated carbocycles. The van der Waals surface area contributed by atoms with E-state index in [0.29, 0.717) is 36.3 Å². The molecule has 0 aromatic carbocycles. The van der Waals surface area contributed by atoms with Gasteiger partial charge in [0.25, 0.3) is 0 Å². The zero-order valence-electron chi connectivity index (χ0n) is 16.2. The summed E-state index contributed by atoms with van der Waals surface area (Å²) in [7, 11) is 0. The van der Waals surface area contributed by atoms with Crippen LogP contribution in [0.4, 0.5) is 5.82 Å². The number of nitrogens with zero attached hydrogens (tertiary/aromatic N) is 6. The number of anilines is 1. The maximum Gasteiger partial charge on any atom is 0.233 e. The smallest absolute Gasteiger partial charge is 0.233 e. The molecule has 2 unspecified atom stereocenters. The predicted molar refractivity (Wildman–Crippen MR) is 101 cm³/mol. The van der Waals surface area contributed by atoms with Crippen LogP contribution >= 0.6 is 11.8 Å². The Kier molecular flexibility index (Phi) is 6.29. The number of aromatic nitrogens is 5. The molecule has 2 aromatic heterocycles. The third-order valence-electron chi connectivity index (χ3n) is 4.12. The highest BCUT2D eigenvalue weighted by atomic mass is 32.2. The van der Waals surface area contributed by atoms with E-state index >= 15 is 0 Å². The fourth-order valence-corrected chi connectivity index (χ4v) is 3.94. The van der Waals surface area contributed by atoms with Gasteiger partial charge in [0.2, 0.25) is 17.6 Å². The number of hydrogen-bond donors (Lipinski definition) is 1. The number of rotatable bonds is 6. The van der Waals surface area contributed by atoms with Crippen molar-refractivity contribution in [2.45, 2.75) is 51.6 Å². The summed E-state index contributed by atoms with van der Waals surface area (Å²) in [5.74, 6) is 0.567. The second-order valence-electron chi connectivity index (χ2n) is 6.54. The molecule has 28 heavy (non-hydrogen) atoms. The maximum atomic E-state index is 12.6. The lowest BCUT2D eigenvalue weighted by atomic mass is 10.2. The van der Waals surface area contributed by atoms with Gasteiger partial charge in [-0.25, -0.2) is 4.63 Å². The molecule has 0 aliphatic carbocycles. The number of nitrogens with one attached hydrogen (secondary N) is 1. The largest absolute Gasteiger partial charge is 0.372 e. The highest BCUT2D eigenvalue weighted by molar-refractivity contribution is 7.99. The van der Waals surface area contributed by atoms with Gasteiger partial charge in [0.15, 0.2) is 16.7 Å². The van der Waals surface area contributed by atoms with Crippen LogP contribution in [-0.2, 0) is 20.9 Å². The summed E-state index contributed by atoms with van der Waals surface area (Å²) in [5, 5.41) is 19.0. The van der Waals surface area contributed by atoms with Crippen LogP contribution in [0.1, 0.15) is 27.7 Å². The molecule has 1 fully saturated rings. The van der Waals surface area contributed by atoms with Gasteiger partial charge in [-0.15, -0.1) is 10.2 Å². The Labute approximate surface area is 166 Å². The van der Waals surface area contributed by atoms with Gasteiger partial charge >= 0.3 is 0 Å². The monoisotopic (exact) mass is 409 g/mol. The second-order valence-corrected chi connectivity index (χ2v) is 7.48. The Balaban J connectivity index is 1.71. The third-order valence-corrected chi connectivity index (χ3v) is 5.08. The molecule has 0 bridgehead atoms. The Morgan fingerprint density at radius 1 is 1.21 bits per heavy atom. The molecule has 2 amide bonds. The minimum atomic E-state index is -0.298. The van der Waals surface area contributed by atoms with Gasteiger partial charge in [0, 0.05) is 26.6 Å². The number of ether oxygens (including phenoxy) is 1. The van der Waals surface area contributed by atoms with Crippen molar-refractivity contribution in [3.63, 3.8) is 0 Å². The molecule has 2 atom stereocenters. The van der Waals surface area contributed by atoms with Gasteiger partial charge in [0.1, 0.15) is 0 Å². The third kappa shape index (κ3) is 4.50. The first-order chi connectivity index (χ1) is 13.4. The number of carbonyl (C=O) groups is 2. The summed E-state index contributed by atoms with van der Waals surface area (Å²) < 4.78 is 12.2. The number of morpholine rings is 1. The van der Waals surface area contributed by atoms with E-state index in [9.17, 15) is 9.59 Å². The number of carbonyl (C=O) groups excluding carboxylic acids is 2. The molecular weight excluding hydrogens is 386 g/mol. The number of amides is 2. The van der Waals surface area contributed by atoms with Crippen molar-refractivity contribution in [1.29, 1.82) is 0 Å². The zero-order chi connectivity index (χ0) is 20.3. The SMILES string of the molecule is CCn1c(SCC(=O)N2CC(C)OC(C)C2)nnc1-c1nonc1NC(C)=O. The number of hydrogen-bond acceptors (Lipinski definition) is 9. The molecule has 152 valence electrons. The summed E-state index contributed by atoms with van der Waals surface area (Å²) in [5.41, 5.74) is 0.290. The molecule has 1 N–H and O–H groups in total. The van der Waals surface area contributed by atoms with E-state index in [0.717, 1.165) is 0 Å². The minimum absolute atomic E-state index is 0.0236. The Morgan fingerprint density at radius 2 is 1.93 bits per heavy atom. The summed E-state index contributed by atoms with van der Waals surface area (Å²) in [6.45, 7) is 8.93. The van der Waals surface area contributed by atoms with Gasteiger partial charge in [-0.1, -0.05) is 11.8 Å². The lowest BCUT2D eigenvalue weighted by Gasteiger charge is -2.35. The predicted octanol–water partition coefficient (Wildman–Crippen LogP) is 1.03. The van der Waals surface area contributed by atoms with Crippen LogP contribution in [0.5, 0.6) is 0 Å². The van der Waals surface area contributed by atoms with Crippen molar-refractivity contribution in [2.24, 2.45) is 0 Å². The Hall–Kier alpha value is -2.47. The van der Waals surface area contributed by atoms with Gasteiger partial charge in [-0.2, -0.15) is 0 Å². The van der Waals surface area contributed by atoms with Gasteiger partial charge in [-0.3, -0.25) is 9.59 Å². The molecule has 3 rings (SSSR count). The second kappa shape index (κ2) is 8.69. The molecule has 0 radical (unpaired) electrons. The van der Waals surface area contributed by atoms with E-state index in [1.54, 1.807) is 4.57 Å². The summed E-state index contributed by atoms with van der Waals surface area (Å²) in [4.78, 5) is 25.7. The summed E-state index contributed by atoms with van der Waals surface area (Å²) in [6.07, 6.45) is 0.0471. The molecule has 0 spiro atoms. The van der Waals surface area contributed by atoms with Crippen LogP contribution in [0, 0.1) is 0 Å². The zero-order valence-corrected chi connectivity index (χ0v) is 17.0. The van der Waals surface area contributed by atoms with E-state index in [1.165, 1.54) is 18.7 Å². The van der Waals surface area contributed by atoms with Crippen molar-refractivity contribution in [1.82, 2.24) is 30.0 Å². The van der Waals surface area contributed by atoms with E-state index in [1.807, 2.05) is 25.7 Å². The van der Waals surface area contributed by atoms with Crippen LogP contribution in [0.2, 0.25) is 0 Å². The van der Waals surface area contributed by atoms with Crippen molar-refractivity contribution < 1.29 is 19.0 Å². The first-order valence-corrected chi connectivity index (χ1v) is 9.97. The molecular formula is C16H23N7O4S. The lowest BCUT2D eigenvalue weighted by Crippen LogP contribution is -2.48. The quantitative estimate of drug-likeness (QED) is 0.696. The summed E-state index contributed by atoms with van der Waals surface area (Å²) in [6, 6.07) is 0. The first-order valence-electron chi connectivity index (χ1n) is 8.98. The van der Waals surface area contributed by atoms with Crippen molar-refractivity contribution >= 4 is 29.4 Å². The van der Waals surface area contributed by atoms with E-state index in [2.05, 4.69) is 25.8 Å². The molecule has 2 aromatic rings. The Bertz CT molecular complexity index is 842. The molecule has 1 saturated heterocycles. The average molecular weight is 409 g/mol. The lowest BCUT2D eigenvalue weighted by molar-refractivity contribution is -0.140.